The third-order valence-electron chi connectivity index (χ3n) is 4.91. The summed E-state index contributed by atoms with van der Waals surface area (Å²) < 4.78 is 1.44. The number of hydrogen-bond donors (Lipinski definition) is 2. The molecule has 0 saturated heterocycles. The van der Waals surface area contributed by atoms with E-state index in [1.807, 2.05) is 55.5 Å². The Hall–Kier alpha value is -3.41. The van der Waals surface area contributed by atoms with Crippen molar-refractivity contribution in [3.05, 3.63) is 93.2 Å². The second-order valence-corrected chi connectivity index (χ2v) is 6.81. The average Bonchev–Trinajstić information content (AvgIpc) is 3.13. The summed E-state index contributed by atoms with van der Waals surface area (Å²) in [6.07, 6.45) is 1.50. The predicted octanol–water partition coefficient (Wildman–Crippen LogP) is 3.49. The first-order valence-electron chi connectivity index (χ1n) is 9.48. The molecular weight excluding hydrogens is 350 g/mol. The maximum atomic E-state index is 13.0. The number of aryl methyl sites for hydroxylation is 2. The number of fused-ring (bicyclic) bond motifs is 1. The molecule has 142 valence electrons. The van der Waals surface area contributed by atoms with E-state index >= 15 is 0 Å². The molecule has 4 rings (SSSR count). The Morgan fingerprint density at radius 1 is 1.04 bits per heavy atom. The molecule has 4 aromatic rings. The Bertz CT molecular complexity index is 1160. The molecule has 0 bridgehead atoms. The van der Waals surface area contributed by atoms with Crippen molar-refractivity contribution in [1.29, 1.82) is 0 Å². The van der Waals surface area contributed by atoms with E-state index in [-0.39, 0.29) is 5.56 Å². The van der Waals surface area contributed by atoms with Gasteiger partial charge in [0.15, 0.2) is 0 Å². The fourth-order valence-corrected chi connectivity index (χ4v) is 3.36. The lowest BCUT2D eigenvalue weighted by atomic mass is 10.1. The van der Waals surface area contributed by atoms with E-state index in [0.29, 0.717) is 30.1 Å². The Morgan fingerprint density at radius 3 is 2.57 bits per heavy atom. The summed E-state index contributed by atoms with van der Waals surface area (Å²) in [5.74, 6) is 1.08. The molecule has 0 amide bonds. The summed E-state index contributed by atoms with van der Waals surface area (Å²) >= 11 is 0. The number of aromatic amines is 1. The van der Waals surface area contributed by atoms with E-state index in [2.05, 4.69) is 33.4 Å². The van der Waals surface area contributed by atoms with Gasteiger partial charge in [-0.15, -0.1) is 0 Å². The number of rotatable bonds is 6. The highest BCUT2D eigenvalue weighted by Crippen LogP contribution is 2.16. The smallest absolute Gasteiger partial charge is 0.277 e. The fourth-order valence-electron chi connectivity index (χ4n) is 3.36. The maximum Gasteiger partial charge on any atom is 0.277 e. The number of aromatic nitrogens is 4. The number of hydrogen-bond acceptors (Lipinski definition) is 4. The monoisotopic (exact) mass is 373 g/mol. The number of anilines is 1. The topological polar surface area (TPSA) is 75.1 Å². The van der Waals surface area contributed by atoms with Crippen LogP contribution in [0.15, 0.2) is 59.4 Å². The van der Waals surface area contributed by atoms with E-state index < -0.39 is 0 Å². The van der Waals surface area contributed by atoms with Gasteiger partial charge in [0.05, 0.1) is 12.2 Å². The van der Waals surface area contributed by atoms with Gasteiger partial charge < -0.3 is 5.32 Å². The van der Waals surface area contributed by atoms with Crippen LogP contribution in [0, 0.1) is 6.92 Å². The minimum Gasteiger partial charge on any atom is -0.378 e. The summed E-state index contributed by atoms with van der Waals surface area (Å²) in [5, 5.41) is 6.49. The summed E-state index contributed by atoms with van der Waals surface area (Å²) in [6.45, 7) is 4.48. The number of nitrogens with one attached hydrogen (secondary N) is 2. The molecule has 0 aliphatic carbocycles. The normalized spacial score (nSPS) is 11.1. The molecule has 0 radical (unpaired) electrons. The largest absolute Gasteiger partial charge is 0.378 e. The molecule has 0 atom stereocenters. The molecule has 0 spiro atoms. The molecular formula is C22H23N5O. The third-order valence-corrected chi connectivity index (χ3v) is 4.91. The van der Waals surface area contributed by atoms with E-state index in [0.717, 1.165) is 23.4 Å². The minimum absolute atomic E-state index is 0.0981. The van der Waals surface area contributed by atoms with Crippen LogP contribution in [-0.2, 0) is 19.4 Å². The quantitative estimate of drug-likeness (QED) is 0.542. The molecule has 2 aromatic carbocycles. The molecule has 0 aliphatic heterocycles. The average molecular weight is 373 g/mol. The minimum atomic E-state index is -0.0981. The van der Waals surface area contributed by atoms with Crippen molar-refractivity contribution in [2.75, 3.05) is 5.32 Å². The summed E-state index contributed by atoms with van der Waals surface area (Å²) in [5.41, 5.74) is 4.71. The van der Waals surface area contributed by atoms with E-state index in [1.165, 1.54) is 10.1 Å². The van der Waals surface area contributed by atoms with Gasteiger partial charge in [-0.2, -0.15) is 9.50 Å². The lowest BCUT2D eigenvalue weighted by molar-refractivity contribution is 0.832. The summed E-state index contributed by atoms with van der Waals surface area (Å²) in [6, 6.07) is 18.1. The molecule has 0 aliphatic rings. The second kappa shape index (κ2) is 7.68. The Kier molecular flexibility index (Phi) is 4.93. The van der Waals surface area contributed by atoms with Crippen LogP contribution in [0.5, 0.6) is 0 Å². The number of benzene rings is 2. The van der Waals surface area contributed by atoms with Gasteiger partial charge >= 0.3 is 0 Å². The zero-order chi connectivity index (χ0) is 19.5. The van der Waals surface area contributed by atoms with Gasteiger partial charge in [0, 0.05) is 17.7 Å². The van der Waals surface area contributed by atoms with Crippen LogP contribution in [0.4, 0.5) is 5.69 Å². The van der Waals surface area contributed by atoms with Crippen molar-refractivity contribution in [1.82, 2.24) is 19.6 Å². The highest BCUT2D eigenvalue weighted by atomic mass is 16.1. The first kappa shape index (κ1) is 18.0. The van der Waals surface area contributed by atoms with Gasteiger partial charge in [0.1, 0.15) is 5.82 Å². The van der Waals surface area contributed by atoms with E-state index in [9.17, 15) is 4.79 Å². The third kappa shape index (κ3) is 3.53. The van der Waals surface area contributed by atoms with Crippen molar-refractivity contribution < 1.29 is 0 Å². The summed E-state index contributed by atoms with van der Waals surface area (Å²) in [4.78, 5) is 22.0. The maximum absolute atomic E-state index is 13.0. The van der Waals surface area contributed by atoms with Crippen molar-refractivity contribution in [3.63, 3.8) is 0 Å². The molecule has 6 nitrogen and oxygen atoms in total. The van der Waals surface area contributed by atoms with Gasteiger partial charge in [-0.05, 0) is 30.5 Å². The SMILES string of the molecule is CCc1ccccc1NCc1nc2nc(C)c(Cc3ccccc3)c(=O)n2[nH]1. The van der Waals surface area contributed by atoms with Crippen LogP contribution in [-0.4, -0.2) is 19.6 Å². The Labute approximate surface area is 163 Å². The highest BCUT2D eigenvalue weighted by Gasteiger charge is 2.14. The molecule has 2 N–H and O–H groups in total. The molecule has 6 heteroatoms. The van der Waals surface area contributed by atoms with Crippen LogP contribution < -0.4 is 10.9 Å². The number of H-pyrrole nitrogens is 1. The van der Waals surface area contributed by atoms with Crippen LogP contribution in [0.25, 0.3) is 5.78 Å². The van der Waals surface area contributed by atoms with Crippen LogP contribution >= 0.6 is 0 Å². The van der Waals surface area contributed by atoms with Crippen LogP contribution in [0.3, 0.4) is 0 Å². The standard InChI is InChI=1S/C22H23N5O/c1-3-17-11-7-8-12-19(17)23-14-20-25-22-24-15(2)18(21(28)27(22)26-20)13-16-9-5-4-6-10-16/h4-12,23H,3,13-14H2,1-2H3,(H,24,25,26). The number of nitrogens with zero attached hydrogens (tertiary/aromatic N) is 3. The zero-order valence-corrected chi connectivity index (χ0v) is 16.1. The van der Waals surface area contributed by atoms with Crippen molar-refractivity contribution in [2.45, 2.75) is 33.2 Å². The molecule has 0 saturated carbocycles. The van der Waals surface area contributed by atoms with Gasteiger partial charge in [-0.3, -0.25) is 9.89 Å². The molecule has 0 unspecified atom stereocenters. The number of para-hydroxylation sites is 1. The first-order valence-corrected chi connectivity index (χ1v) is 9.48. The zero-order valence-electron chi connectivity index (χ0n) is 16.1. The Balaban J connectivity index is 1.62. The van der Waals surface area contributed by atoms with Gasteiger partial charge in [0.2, 0.25) is 0 Å². The van der Waals surface area contributed by atoms with Crippen LogP contribution in [0.2, 0.25) is 0 Å². The van der Waals surface area contributed by atoms with Crippen LogP contribution in [0.1, 0.15) is 35.1 Å². The van der Waals surface area contributed by atoms with Crippen molar-refractivity contribution in [3.8, 4) is 0 Å². The van der Waals surface area contributed by atoms with Crippen molar-refractivity contribution >= 4 is 11.5 Å². The molecule has 2 aromatic heterocycles. The second-order valence-electron chi connectivity index (χ2n) is 6.81. The highest BCUT2D eigenvalue weighted by molar-refractivity contribution is 5.51. The fraction of sp³-hybridized carbons (Fsp3) is 0.227. The summed E-state index contributed by atoms with van der Waals surface area (Å²) in [7, 11) is 0. The van der Waals surface area contributed by atoms with Gasteiger partial charge in [0.25, 0.3) is 11.3 Å². The molecule has 28 heavy (non-hydrogen) atoms. The van der Waals surface area contributed by atoms with Gasteiger partial charge in [-0.1, -0.05) is 55.5 Å². The van der Waals surface area contributed by atoms with Gasteiger partial charge in [-0.25, -0.2) is 4.98 Å². The van der Waals surface area contributed by atoms with E-state index in [4.69, 9.17) is 0 Å². The lowest BCUT2D eigenvalue weighted by Gasteiger charge is -2.08. The van der Waals surface area contributed by atoms with E-state index in [1.54, 1.807) is 0 Å². The lowest BCUT2D eigenvalue weighted by Crippen LogP contribution is -2.22. The molecule has 2 heterocycles. The first-order chi connectivity index (χ1) is 13.7. The predicted molar refractivity (Wildman–Crippen MR) is 111 cm³/mol. The Morgan fingerprint density at radius 2 is 1.79 bits per heavy atom. The molecule has 0 fully saturated rings. The van der Waals surface area contributed by atoms with Crippen molar-refractivity contribution in [2.24, 2.45) is 0 Å².